The summed E-state index contributed by atoms with van der Waals surface area (Å²) in [6, 6.07) is 15.9. The number of aromatic nitrogens is 2. The fraction of sp³-hybridized carbons (Fsp3) is 0.200. The zero-order valence-corrected chi connectivity index (χ0v) is 14.0. The molecule has 1 aromatic heterocycles. The van der Waals surface area contributed by atoms with Crippen molar-refractivity contribution in [3.63, 3.8) is 0 Å². The van der Waals surface area contributed by atoms with Crippen LogP contribution in [0.3, 0.4) is 0 Å². The van der Waals surface area contributed by atoms with Crippen LogP contribution in [0.1, 0.15) is 29.4 Å². The number of carbonyl (C=O) groups is 1. The summed E-state index contributed by atoms with van der Waals surface area (Å²) in [5.74, 6) is 0.338. The second-order valence-electron chi connectivity index (χ2n) is 5.90. The number of imidazole rings is 1. The molecule has 3 rings (SSSR count). The number of benzene rings is 2. The molecule has 0 spiro atoms. The van der Waals surface area contributed by atoms with E-state index in [0.29, 0.717) is 12.0 Å². The molecule has 0 aliphatic carbocycles. The van der Waals surface area contributed by atoms with Crippen molar-refractivity contribution in [1.82, 2.24) is 14.9 Å². The van der Waals surface area contributed by atoms with Gasteiger partial charge in [-0.25, -0.2) is 9.37 Å². The Morgan fingerprint density at radius 2 is 1.88 bits per heavy atom. The van der Waals surface area contributed by atoms with Gasteiger partial charge in [-0.3, -0.25) is 4.79 Å². The van der Waals surface area contributed by atoms with Gasteiger partial charge in [-0.05, 0) is 23.6 Å². The molecule has 0 unspecified atom stereocenters. The lowest BCUT2D eigenvalue weighted by molar-refractivity contribution is -0.121. The standard InChI is InChI=1S/C20H20FN3O/c1-24-14-13-22-20(24)19(16-8-3-2-4-9-16)23-18(25)12-11-15-7-5-6-10-17(15)21/h2-10,13-14,19H,11-12H2,1H3,(H,23,25)/t19-/m0/s1. The number of hydrogen-bond donors (Lipinski definition) is 1. The molecule has 1 atom stereocenters. The van der Waals surface area contributed by atoms with Crippen LogP contribution in [0, 0.1) is 5.82 Å². The number of nitrogens with one attached hydrogen (secondary N) is 1. The number of aryl methyl sites for hydroxylation is 2. The number of hydrogen-bond acceptors (Lipinski definition) is 2. The first-order valence-electron chi connectivity index (χ1n) is 8.20. The average molecular weight is 337 g/mol. The third kappa shape index (κ3) is 4.12. The Bertz CT molecular complexity index is 845. The highest BCUT2D eigenvalue weighted by atomic mass is 19.1. The molecule has 0 fully saturated rings. The minimum atomic E-state index is -0.339. The molecule has 1 amide bonds. The summed E-state index contributed by atoms with van der Waals surface area (Å²) >= 11 is 0. The minimum Gasteiger partial charge on any atom is -0.342 e. The summed E-state index contributed by atoms with van der Waals surface area (Å²) in [6.07, 6.45) is 4.13. The van der Waals surface area contributed by atoms with Crippen LogP contribution in [0.4, 0.5) is 4.39 Å². The minimum absolute atomic E-state index is 0.139. The van der Waals surface area contributed by atoms with Crippen molar-refractivity contribution in [2.75, 3.05) is 0 Å². The van der Waals surface area contributed by atoms with Crippen molar-refractivity contribution < 1.29 is 9.18 Å². The van der Waals surface area contributed by atoms with Gasteiger partial charge >= 0.3 is 0 Å². The average Bonchev–Trinajstić information content (AvgIpc) is 3.05. The predicted octanol–water partition coefficient (Wildman–Crippen LogP) is 3.40. The van der Waals surface area contributed by atoms with Crippen molar-refractivity contribution >= 4 is 5.91 Å². The monoisotopic (exact) mass is 337 g/mol. The van der Waals surface area contributed by atoms with Gasteiger partial charge < -0.3 is 9.88 Å². The molecule has 1 N–H and O–H groups in total. The molecule has 5 heteroatoms. The van der Waals surface area contributed by atoms with E-state index in [1.807, 2.05) is 48.1 Å². The highest BCUT2D eigenvalue weighted by molar-refractivity contribution is 5.77. The summed E-state index contributed by atoms with van der Waals surface area (Å²) in [5, 5.41) is 3.02. The highest BCUT2D eigenvalue weighted by Crippen LogP contribution is 2.20. The van der Waals surface area contributed by atoms with Crippen LogP contribution < -0.4 is 5.32 Å². The van der Waals surface area contributed by atoms with Crippen molar-refractivity contribution in [2.24, 2.45) is 7.05 Å². The molecule has 25 heavy (non-hydrogen) atoms. The lowest BCUT2D eigenvalue weighted by Crippen LogP contribution is -2.31. The van der Waals surface area contributed by atoms with Crippen molar-refractivity contribution in [1.29, 1.82) is 0 Å². The van der Waals surface area contributed by atoms with Crippen molar-refractivity contribution in [3.8, 4) is 0 Å². The summed E-state index contributed by atoms with van der Waals surface area (Å²) < 4.78 is 15.6. The molecule has 0 aliphatic rings. The van der Waals surface area contributed by atoms with E-state index in [2.05, 4.69) is 10.3 Å². The second kappa shape index (κ2) is 7.75. The normalized spacial score (nSPS) is 11.9. The van der Waals surface area contributed by atoms with Gasteiger partial charge in [0.1, 0.15) is 17.7 Å². The SMILES string of the molecule is Cn1ccnc1[C@@H](NC(=O)CCc1ccccc1F)c1ccccc1. The molecule has 0 saturated heterocycles. The first-order chi connectivity index (χ1) is 12.1. The molecule has 0 saturated carbocycles. The zero-order valence-electron chi connectivity index (χ0n) is 14.0. The summed E-state index contributed by atoms with van der Waals surface area (Å²) in [7, 11) is 1.89. The Labute approximate surface area is 146 Å². The Kier molecular flexibility index (Phi) is 5.23. The Morgan fingerprint density at radius 3 is 2.56 bits per heavy atom. The number of carbonyl (C=O) groups excluding carboxylic acids is 1. The van der Waals surface area contributed by atoms with E-state index in [9.17, 15) is 9.18 Å². The molecule has 0 radical (unpaired) electrons. The largest absolute Gasteiger partial charge is 0.342 e. The second-order valence-corrected chi connectivity index (χ2v) is 5.90. The number of amides is 1. The fourth-order valence-corrected chi connectivity index (χ4v) is 2.78. The third-order valence-corrected chi connectivity index (χ3v) is 4.13. The lowest BCUT2D eigenvalue weighted by atomic mass is 10.0. The fourth-order valence-electron chi connectivity index (χ4n) is 2.78. The van der Waals surface area contributed by atoms with E-state index in [4.69, 9.17) is 0 Å². The van der Waals surface area contributed by atoms with E-state index in [-0.39, 0.29) is 24.2 Å². The van der Waals surface area contributed by atoms with Crippen molar-refractivity contribution in [2.45, 2.75) is 18.9 Å². The van der Waals surface area contributed by atoms with Gasteiger partial charge in [-0.1, -0.05) is 48.5 Å². The van der Waals surface area contributed by atoms with Crippen molar-refractivity contribution in [3.05, 3.63) is 89.8 Å². The Morgan fingerprint density at radius 1 is 1.16 bits per heavy atom. The number of halogens is 1. The first kappa shape index (κ1) is 16.9. The van der Waals surface area contributed by atoms with Crippen LogP contribution >= 0.6 is 0 Å². The molecular weight excluding hydrogens is 317 g/mol. The zero-order chi connectivity index (χ0) is 17.6. The smallest absolute Gasteiger partial charge is 0.221 e. The van der Waals surface area contributed by atoms with E-state index < -0.39 is 0 Å². The molecule has 1 heterocycles. The maximum atomic E-state index is 13.7. The first-order valence-corrected chi connectivity index (χ1v) is 8.20. The van der Waals surface area contributed by atoms with Gasteiger partial charge in [0, 0.05) is 25.9 Å². The van der Waals surface area contributed by atoms with Crippen LogP contribution in [-0.2, 0) is 18.3 Å². The number of rotatable bonds is 6. The lowest BCUT2D eigenvalue weighted by Gasteiger charge is -2.19. The Hall–Kier alpha value is -2.95. The summed E-state index contributed by atoms with van der Waals surface area (Å²) in [5.41, 5.74) is 1.50. The Balaban J connectivity index is 1.73. The van der Waals surface area contributed by atoms with Gasteiger partial charge in [0.15, 0.2) is 0 Å². The molecular formula is C20H20FN3O. The predicted molar refractivity (Wildman–Crippen MR) is 94.4 cm³/mol. The van der Waals surface area contributed by atoms with Gasteiger partial charge in [0.05, 0.1) is 0 Å². The maximum Gasteiger partial charge on any atom is 0.221 e. The quantitative estimate of drug-likeness (QED) is 0.749. The van der Waals surface area contributed by atoms with Crippen LogP contribution in [0.15, 0.2) is 67.0 Å². The van der Waals surface area contributed by atoms with Crippen LogP contribution in [0.25, 0.3) is 0 Å². The molecule has 0 bridgehead atoms. The van der Waals surface area contributed by atoms with Gasteiger partial charge in [0.25, 0.3) is 0 Å². The van der Waals surface area contributed by atoms with Gasteiger partial charge in [-0.2, -0.15) is 0 Å². The summed E-state index contributed by atoms with van der Waals surface area (Å²) in [4.78, 5) is 16.8. The van der Waals surface area contributed by atoms with E-state index in [0.717, 1.165) is 11.4 Å². The molecule has 4 nitrogen and oxygen atoms in total. The number of nitrogens with zero attached hydrogens (tertiary/aromatic N) is 2. The van der Waals surface area contributed by atoms with Crippen LogP contribution in [0.2, 0.25) is 0 Å². The van der Waals surface area contributed by atoms with Crippen LogP contribution in [0.5, 0.6) is 0 Å². The van der Waals surface area contributed by atoms with E-state index in [1.165, 1.54) is 6.07 Å². The van der Waals surface area contributed by atoms with Gasteiger partial charge in [0.2, 0.25) is 5.91 Å². The maximum absolute atomic E-state index is 13.7. The van der Waals surface area contributed by atoms with Gasteiger partial charge in [-0.15, -0.1) is 0 Å². The molecule has 0 aliphatic heterocycles. The molecule has 128 valence electrons. The molecule has 3 aromatic rings. The highest BCUT2D eigenvalue weighted by Gasteiger charge is 2.20. The molecule has 2 aromatic carbocycles. The third-order valence-electron chi connectivity index (χ3n) is 4.13. The van der Waals surface area contributed by atoms with E-state index >= 15 is 0 Å². The van der Waals surface area contributed by atoms with Crippen LogP contribution in [-0.4, -0.2) is 15.5 Å². The topological polar surface area (TPSA) is 46.9 Å². The van der Waals surface area contributed by atoms with E-state index in [1.54, 1.807) is 24.4 Å². The summed E-state index contributed by atoms with van der Waals surface area (Å²) in [6.45, 7) is 0.